The lowest BCUT2D eigenvalue weighted by molar-refractivity contribution is -0.118. The maximum Gasteiger partial charge on any atom is 0.166 e. The summed E-state index contributed by atoms with van der Waals surface area (Å²) in [5, 5.41) is 0. The third kappa shape index (κ3) is 1.06. The van der Waals surface area contributed by atoms with E-state index in [-0.39, 0.29) is 5.41 Å². The summed E-state index contributed by atoms with van der Waals surface area (Å²) in [4.78, 5) is 13.7. The van der Waals surface area contributed by atoms with Crippen LogP contribution < -0.4 is 0 Å². The molecule has 0 N–H and O–H groups in total. The molecule has 0 unspecified atom stereocenters. The maximum absolute atomic E-state index is 11.7. The molecule has 0 aliphatic heterocycles. The second kappa shape index (κ2) is 2.35. The highest BCUT2D eigenvalue weighted by Crippen LogP contribution is 2.56. The van der Waals surface area contributed by atoms with Crippen LogP contribution in [-0.4, -0.2) is 24.8 Å². The molecule has 0 bridgehead atoms. The van der Waals surface area contributed by atoms with Crippen LogP contribution in [0.5, 0.6) is 0 Å². The summed E-state index contributed by atoms with van der Waals surface area (Å²) in [7, 11) is 3.94. The van der Waals surface area contributed by atoms with Crippen LogP contribution in [0.3, 0.4) is 0 Å². The molecule has 0 atom stereocenters. The quantitative estimate of drug-likeness (QED) is 0.550. The molecular formula is C10H15NO. The Bertz CT molecular complexity index is 249. The highest BCUT2D eigenvalue weighted by Gasteiger charge is 2.53. The second-order valence-corrected chi connectivity index (χ2v) is 4.23. The van der Waals surface area contributed by atoms with Gasteiger partial charge in [0.15, 0.2) is 5.78 Å². The Kier molecular flexibility index (Phi) is 1.53. The first-order chi connectivity index (χ1) is 5.64. The highest BCUT2D eigenvalue weighted by atomic mass is 16.1. The lowest BCUT2D eigenvalue weighted by Crippen LogP contribution is -2.10. The predicted molar refractivity (Wildman–Crippen MR) is 47.7 cm³/mol. The lowest BCUT2D eigenvalue weighted by Gasteiger charge is -2.06. The van der Waals surface area contributed by atoms with Gasteiger partial charge in [-0.3, -0.25) is 4.79 Å². The van der Waals surface area contributed by atoms with Crippen LogP contribution in [0.15, 0.2) is 11.8 Å². The third-order valence-electron chi connectivity index (χ3n) is 2.91. The van der Waals surface area contributed by atoms with Crippen molar-refractivity contribution in [3.8, 4) is 0 Å². The van der Waals surface area contributed by atoms with E-state index in [2.05, 4.69) is 0 Å². The number of hydrogen-bond donors (Lipinski definition) is 0. The number of rotatable bonds is 1. The molecule has 2 aliphatic carbocycles. The van der Waals surface area contributed by atoms with Gasteiger partial charge in [-0.1, -0.05) is 0 Å². The number of carbonyl (C=O) groups excluding carboxylic acids is 1. The zero-order valence-electron chi connectivity index (χ0n) is 7.76. The lowest BCUT2D eigenvalue weighted by atomic mass is 10.0. The van der Waals surface area contributed by atoms with Gasteiger partial charge in [-0.25, -0.2) is 0 Å². The van der Waals surface area contributed by atoms with Crippen LogP contribution in [0.4, 0.5) is 0 Å². The molecule has 0 amide bonds. The van der Waals surface area contributed by atoms with E-state index in [1.54, 1.807) is 0 Å². The summed E-state index contributed by atoms with van der Waals surface area (Å²) in [5.74, 6) is 0.427. The first-order valence-corrected chi connectivity index (χ1v) is 4.56. The van der Waals surface area contributed by atoms with E-state index in [0.717, 1.165) is 31.3 Å². The van der Waals surface area contributed by atoms with Crippen molar-refractivity contribution in [2.45, 2.75) is 25.7 Å². The molecule has 0 aromatic heterocycles. The van der Waals surface area contributed by atoms with Gasteiger partial charge in [-0.05, 0) is 25.7 Å². The molecule has 2 rings (SSSR count). The van der Waals surface area contributed by atoms with Crippen molar-refractivity contribution >= 4 is 5.78 Å². The van der Waals surface area contributed by atoms with Gasteiger partial charge in [0.05, 0.1) is 0 Å². The van der Waals surface area contributed by atoms with Gasteiger partial charge >= 0.3 is 0 Å². The fourth-order valence-electron chi connectivity index (χ4n) is 2.00. The summed E-state index contributed by atoms with van der Waals surface area (Å²) in [6.07, 6.45) is 6.35. The van der Waals surface area contributed by atoms with Crippen LogP contribution in [-0.2, 0) is 4.79 Å². The zero-order chi connectivity index (χ0) is 8.77. The first-order valence-electron chi connectivity index (χ1n) is 4.56. The molecule has 1 spiro atoms. The Labute approximate surface area is 73.2 Å². The van der Waals surface area contributed by atoms with E-state index in [1.807, 2.05) is 25.2 Å². The number of allylic oxidation sites excluding steroid dienone is 1. The Morgan fingerprint density at radius 1 is 1.33 bits per heavy atom. The van der Waals surface area contributed by atoms with E-state index in [0.29, 0.717) is 5.78 Å². The smallest absolute Gasteiger partial charge is 0.166 e. The van der Waals surface area contributed by atoms with Crippen molar-refractivity contribution in [3.05, 3.63) is 11.8 Å². The molecule has 2 fully saturated rings. The highest BCUT2D eigenvalue weighted by molar-refractivity contribution is 6.03. The SMILES string of the molecule is CN(C)C=C1CCC2(CC2)C1=O. The number of hydrogen-bond acceptors (Lipinski definition) is 2. The Balaban J connectivity index is 2.16. The largest absolute Gasteiger partial charge is 0.383 e. The summed E-state index contributed by atoms with van der Waals surface area (Å²) >= 11 is 0. The van der Waals surface area contributed by atoms with Crippen LogP contribution in [0.2, 0.25) is 0 Å². The molecule has 12 heavy (non-hydrogen) atoms. The molecule has 0 radical (unpaired) electrons. The van der Waals surface area contributed by atoms with Gasteiger partial charge in [0.1, 0.15) is 0 Å². The van der Waals surface area contributed by atoms with Crippen LogP contribution in [0, 0.1) is 5.41 Å². The van der Waals surface area contributed by atoms with Crippen molar-refractivity contribution in [1.82, 2.24) is 4.90 Å². The minimum atomic E-state index is 0.127. The number of carbonyl (C=O) groups is 1. The Morgan fingerprint density at radius 3 is 2.42 bits per heavy atom. The monoisotopic (exact) mass is 165 g/mol. The summed E-state index contributed by atoms with van der Waals surface area (Å²) < 4.78 is 0. The molecule has 0 aromatic rings. The van der Waals surface area contributed by atoms with Gasteiger partial charge in [-0.2, -0.15) is 0 Å². The normalized spacial score (nSPS) is 28.5. The van der Waals surface area contributed by atoms with E-state index in [1.165, 1.54) is 0 Å². The zero-order valence-corrected chi connectivity index (χ0v) is 7.76. The molecule has 66 valence electrons. The van der Waals surface area contributed by atoms with E-state index < -0.39 is 0 Å². The first kappa shape index (κ1) is 7.84. The molecular weight excluding hydrogens is 150 g/mol. The topological polar surface area (TPSA) is 20.3 Å². The molecule has 2 nitrogen and oxygen atoms in total. The minimum absolute atomic E-state index is 0.127. The van der Waals surface area contributed by atoms with Gasteiger partial charge in [0, 0.05) is 31.3 Å². The molecule has 0 aromatic carbocycles. The molecule has 0 saturated heterocycles. The Hall–Kier alpha value is -0.790. The standard InChI is InChI=1S/C10H15NO/c1-11(2)7-8-3-4-10(5-6-10)9(8)12/h7H,3-6H2,1-2H3. The van der Waals surface area contributed by atoms with Gasteiger partial charge < -0.3 is 4.90 Å². The van der Waals surface area contributed by atoms with Gasteiger partial charge in [0.2, 0.25) is 0 Å². The molecule has 0 heterocycles. The van der Waals surface area contributed by atoms with Crippen molar-refractivity contribution in [2.75, 3.05) is 14.1 Å². The van der Waals surface area contributed by atoms with E-state index >= 15 is 0 Å². The fourth-order valence-corrected chi connectivity index (χ4v) is 2.00. The van der Waals surface area contributed by atoms with Crippen LogP contribution in [0.25, 0.3) is 0 Å². The number of ketones is 1. The summed E-state index contributed by atoms with van der Waals surface area (Å²) in [6.45, 7) is 0. The van der Waals surface area contributed by atoms with Crippen LogP contribution in [0.1, 0.15) is 25.7 Å². The van der Waals surface area contributed by atoms with Gasteiger partial charge in [-0.15, -0.1) is 0 Å². The molecule has 2 saturated carbocycles. The average molecular weight is 165 g/mol. The maximum atomic E-state index is 11.7. The molecule has 2 heteroatoms. The van der Waals surface area contributed by atoms with E-state index in [9.17, 15) is 4.79 Å². The predicted octanol–water partition coefficient (Wildman–Crippen LogP) is 1.57. The van der Waals surface area contributed by atoms with Crippen molar-refractivity contribution < 1.29 is 4.79 Å². The number of nitrogens with zero attached hydrogens (tertiary/aromatic N) is 1. The second-order valence-electron chi connectivity index (χ2n) is 4.23. The van der Waals surface area contributed by atoms with Crippen molar-refractivity contribution in [3.63, 3.8) is 0 Å². The van der Waals surface area contributed by atoms with Crippen molar-refractivity contribution in [2.24, 2.45) is 5.41 Å². The third-order valence-corrected chi connectivity index (χ3v) is 2.91. The average Bonchev–Trinajstić information content (AvgIpc) is 2.71. The summed E-state index contributed by atoms with van der Waals surface area (Å²) in [5.41, 5.74) is 1.17. The van der Waals surface area contributed by atoms with E-state index in [4.69, 9.17) is 0 Å². The summed E-state index contributed by atoms with van der Waals surface area (Å²) in [6, 6.07) is 0. The molecule has 2 aliphatic rings. The van der Waals surface area contributed by atoms with Crippen molar-refractivity contribution in [1.29, 1.82) is 0 Å². The fraction of sp³-hybridized carbons (Fsp3) is 0.700. The minimum Gasteiger partial charge on any atom is -0.383 e. The van der Waals surface area contributed by atoms with Gasteiger partial charge in [0.25, 0.3) is 0 Å². The Morgan fingerprint density at radius 2 is 2.00 bits per heavy atom. The van der Waals surface area contributed by atoms with Crippen LogP contribution >= 0.6 is 0 Å². The number of Topliss-reactive ketones (excluding diaryl/α,β-unsaturated/α-hetero) is 1.